The molecule has 3 aromatic carbocycles. The molecule has 0 aliphatic carbocycles. The largest absolute Gasteiger partial charge is 0.309 e. The van der Waals surface area contributed by atoms with Crippen molar-refractivity contribution in [1.82, 2.24) is 14.0 Å². The van der Waals surface area contributed by atoms with Crippen molar-refractivity contribution in [1.29, 1.82) is 0 Å². The number of likely N-dealkylation sites (N-methyl/N-ethyl adjacent to an activating group) is 1. The van der Waals surface area contributed by atoms with Gasteiger partial charge in [-0.2, -0.15) is 5.10 Å². The van der Waals surface area contributed by atoms with E-state index in [0.717, 1.165) is 32.7 Å². The zero-order valence-corrected chi connectivity index (χ0v) is 23.8. The molecular formula is C29H23BrN6O2S. The van der Waals surface area contributed by atoms with E-state index in [1.54, 1.807) is 26.0 Å². The molecular weight excluding hydrogens is 576 g/mol. The van der Waals surface area contributed by atoms with Gasteiger partial charge in [-0.05, 0) is 37.3 Å². The second-order valence-electron chi connectivity index (χ2n) is 9.08. The molecule has 0 saturated carbocycles. The highest BCUT2D eigenvalue weighted by Gasteiger charge is 2.31. The zero-order chi connectivity index (χ0) is 27.3. The molecule has 0 atom stereocenters. The van der Waals surface area contributed by atoms with Gasteiger partial charge in [0.1, 0.15) is 0 Å². The first-order valence-corrected chi connectivity index (χ1v) is 13.8. The van der Waals surface area contributed by atoms with E-state index in [1.807, 2.05) is 98.2 Å². The first-order chi connectivity index (χ1) is 18.8. The van der Waals surface area contributed by atoms with Crippen molar-refractivity contribution in [2.24, 2.45) is 17.1 Å². The second-order valence-corrected chi connectivity index (χ2v) is 10.8. The van der Waals surface area contributed by atoms with Crippen molar-refractivity contribution in [2.75, 3.05) is 11.9 Å². The van der Waals surface area contributed by atoms with Gasteiger partial charge in [-0.15, -0.1) is 11.3 Å². The molecule has 3 heterocycles. The summed E-state index contributed by atoms with van der Waals surface area (Å²) in [6.07, 6.45) is 0. The third-order valence-electron chi connectivity index (χ3n) is 6.76. The Bertz CT molecular complexity index is 1910. The minimum atomic E-state index is -0.236. The fraction of sp³-hybridized carbons (Fsp3) is 0.103. The zero-order valence-electron chi connectivity index (χ0n) is 21.4. The van der Waals surface area contributed by atoms with E-state index in [2.05, 4.69) is 15.9 Å². The van der Waals surface area contributed by atoms with E-state index in [1.165, 1.54) is 11.3 Å². The molecule has 5 aromatic rings. The van der Waals surface area contributed by atoms with Gasteiger partial charge < -0.3 is 4.90 Å². The Morgan fingerprint density at radius 2 is 1.64 bits per heavy atom. The summed E-state index contributed by atoms with van der Waals surface area (Å²) in [6.45, 7) is 1.87. The highest BCUT2D eigenvalue weighted by molar-refractivity contribution is 9.10. The quantitative estimate of drug-likeness (QED) is 0.284. The lowest BCUT2D eigenvalue weighted by Gasteiger charge is -2.08. The molecule has 1 aliphatic rings. The van der Waals surface area contributed by atoms with Gasteiger partial charge in [-0.3, -0.25) is 14.3 Å². The average Bonchev–Trinajstić information content (AvgIpc) is 3.52. The molecule has 0 unspecified atom stereocenters. The number of halogens is 1. The van der Waals surface area contributed by atoms with Crippen LogP contribution in [0, 0.1) is 6.92 Å². The Morgan fingerprint density at radius 3 is 2.41 bits per heavy atom. The van der Waals surface area contributed by atoms with Crippen molar-refractivity contribution >= 4 is 50.3 Å². The molecule has 10 heteroatoms. The van der Waals surface area contributed by atoms with E-state index in [9.17, 15) is 9.59 Å². The number of fused-ring (bicyclic) bond motifs is 1. The summed E-state index contributed by atoms with van der Waals surface area (Å²) in [4.78, 5) is 33.8. The van der Waals surface area contributed by atoms with E-state index in [0.29, 0.717) is 21.9 Å². The molecule has 2 aromatic heterocycles. The lowest BCUT2D eigenvalue weighted by molar-refractivity contribution is -0.112. The van der Waals surface area contributed by atoms with Crippen LogP contribution in [0.2, 0.25) is 0 Å². The van der Waals surface area contributed by atoms with Crippen molar-refractivity contribution in [3.8, 4) is 16.9 Å². The Kier molecular flexibility index (Phi) is 6.28. The molecule has 1 aliphatic heterocycles. The Labute approximate surface area is 236 Å². The SMILES string of the molecule is Cc1c(N=c2scc(-c3cccc(Br)c3)n2N=C2C(=O)N(C)c3ccccc32)c(=O)n(-c2ccccc2)n1C. The summed E-state index contributed by atoms with van der Waals surface area (Å²) in [7, 11) is 3.57. The number of nitrogens with zero attached hydrogens (tertiary/aromatic N) is 6. The van der Waals surface area contributed by atoms with Crippen LogP contribution in [0.4, 0.5) is 11.4 Å². The van der Waals surface area contributed by atoms with Gasteiger partial charge in [0.15, 0.2) is 11.4 Å². The van der Waals surface area contributed by atoms with Crippen LogP contribution in [0.1, 0.15) is 11.3 Å². The smallest absolute Gasteiger partial charge is 0.297 e. The van der Waals surface area contributed by atoms with Crippen LogP contribution < -0.4 is 15.3 Å². The van der Waals surface area contributed by atoms with Gasteiger partial charge in [-0.25, -0.2) is 14.4 Å². The number of benzene rings is 3. The summed E-state index contributed by atoms with van der Waals surface area (Å²) in [6, 6.07) is 24.9. The van der Waals surface area contributed by atoms with Crippen LogP contribution in [0.25, 0.3) is 16.9 Å². The number of amides is 1. The summed E-state index contributed by atoms with van der Waals surface area (Å²) < 4.78 is 5.96. The van der Waals surface area contributed by atoms with Gasteiger partial charge in [0.25, 0.3) is 11.5 Å². The number of rotatable bonds is 4. The number of carbonyl (C=O) groups is 1. The van der Waals surface area contributed by atoms with Crippen LogP contribution in [0.5, 0.6) is 0 Å². The highest BCUT2D eigenvalue weighted by Crippen LogP contribution is 2.29. The number of carbonyl (C=O) groups excluding carboxylic acids is 1. The summed E-state index contributed by atoms with van der Waals surface area (Å²) >= 11 is 4.91. The van der Waals surface area contributed by atoms with Crippen LogP contribution in [0.15, 0.2) is 104 Å². The fourth-order valence-corrected chi connectivity index (χ4v) is 5.88. The van der Waals surface area contributed by atoms with Crippen LogP contribution in [-0.4, -0.2) is 32.7 Å². The number of hydrogen-bond acceptors (Lipinski definition) is 5. The highest BCUT2D eigenvalue weighted by atomic mass is 79.9. The normalized spacial score (nSPS) is 14.5. The number of para-hydroxylation sites is 2. The first-order valence-electron chi connectivity index (χ1n) is 12.2. The van der Waals surface area contributed by atoms with Crippen molar-refractivity contribution in [2.45, 2.75) is 6.92 Å². The molecule has 194 valence electrons. The lowest BCUT2D eigenvalue weighted by atomic mass is 10.1. The molecule has 0 N–H and O–H groups in total. The van der Waals surface area contributed by atoms with Crippen molar-refractivity contribution in [3.63, 3.8) is 0 Å². The summed E-state index contributed by atoms with van der Waals surface area (Å²) in [5.41, 5.74) is 5.04. The molecule has 1 amide bonds. The molecule has 8 nitrogen and oxygen atoms in total. The number of anilines is 1. The average molecular weight is 600 g/mol. The topological polar surface area (TPSA) is 76.9 Å². The van der Waals surface area contributed by atoms with Crippen LogP contribution >= 0.6 is 27.3 Å². The lowest BCUT2D eigenvalue weighted by Crippen LogP contribution is -2.27. The minimum Gasteiger partial charge on any atom is -0.309 e. The van der Waals surface area contributed by atoms with Gasteiger partial charge in [0.05, 0.1) is 22.8 Å². The molecule has 39 heavy (non-hydrogen) atoms. The summed E-state index contributed by atoms with van der Waals surface area (Å²) in [5.74, 6) is -0.205. The van der Waals surface area contributed by atoms with Crippen molar-refractivity contribution in [3.05, 3.63) is 115 Å². The maximum atomic E-state index is 13.6. The monoisotopic (exact) mass is 598 g/mol. The standard InChI is InChI=1S/C29H23BrN6O2S/c1-18-25(28(38)36(34(18)3)21-12-5-4-6-13-21)31-29-35(24(17-39-29)19-10-9-11-20(30)16-19)32-26-22-14-7-8-15-23(22)33(2)27(26)37/h4-17H,1-3H3. The number of hydrogen-bond donors (Lipinski definition) is 0. The number of thiazole rings is 1. The predicted molar refractivity (Wildman–Crippen MR) is 158 cm³/mol. The predicted octanol–water partition coefficient (Wildman–Crippen LogP) is 5.24. The minimum absolute atomic E-state index is 0.205. The second kappa shape index (κ2) is 9.79. The third-order valence-corrected chi connectivity index (χ3v) is 8.07. The van der Waals surface area contributed by atoms with Crippen molar-refractivity contribution < 1.29 is 4.79 Å². The van der Waals surface area contributed by atoms with E-state index in [4.69, 9.17) is 10.1 Å². The molecule has 6 rings (SSSR count). The summed E-state index contributed by atoms with van der Waals surface area (Å²) in [5, 5.41) is 6.81. The van der Waals surface area contributed by atoms with Crippen LogP contribution in [0.3, 0.4) is 0 Å². The van der Waals surface area contributed by atoms with Gasteiger partial charge >= 0.3 is 0 Å². The maximum absolute atomic E-state index is 13.6. The van der Waals surface area contributed by atoms with E-state index in [-0.39, 0.29) is 11.5 Å². The van der Waals surface area contributed by atoms with Gasteiger partial charge in [0, 0.05) is 35.1 Å². The molecule has 0 saturated heterocycles. The fourth-order valence-electron chi connectivity index (χ4n) is 4.64. The molecule has 0 spiro atoms. The maximum Gasteiger partial charge on any atom is 0.297 e. The van der Waals surface area contributed by atoms with Crippen LogP contribution in [-0.2, 0) is 11.8 Å². The molecule has 0 radical (unpaired) electrons. The van der Waals surface area contributed by atoms with Gasteiger partial charge in [-0.1, -0.05) is 64.5 Å². The molecule has 0 bridgehead atoms. The Hall–Kier alpha value is -4.28. The van der Waals surface area contributed by atoms with E-state index >= 15 is 0 Å². The third kappa shape index (κ3) is 4.21. The Morgan fingerprint density at radius 1 is 0.897 bits per heavy atom. The molecule has 0 fully saturated rings. The number of aromatic nitrogens is 3. The van der Waals surface area contributed by atoms with E-state index < -0.39 is 0 Å². The van der Waals surface area contributed by atoms with Gasteiger partial charge in [0.2, 0.25) is 4.80 Å². The Balaban J connectivity index is 1.61. The first kappa shape index (κ1) is 25.0.